The number of rotatable bonds is 5. The number of benzene rings is 3. The molecule has 1 heterocycles. The highest BCUT2D eigenvalue weighted by molar-refractivity contribution is 9.10. The highest BCUT2D eigenvalue weighted by atomic mass is 79.9. The lowest BCUT2D eigenvalue weighted by molar-refractivity contribution is -0.118. The van der Waals surface area contributed by atoms with Gasteiger partial charge in [-0.3, -0.25) is 4.79 Å². The number of fused-ring (bicyclic) bond motifs is 1. The van der Waals surface area contributed by atoms with Crippen LogP contribution in [-0.2, 0) is 4.79 Å². The zero-order valence-corrected chi connectivity index (χ0v) is 18.0. The Balaban J connectivity index is 1.67. The fraction of sp³-hybridized carbons (Fsp3) is 0.0833. The summed E-state index contributed by atoms with van der Waals surface area (Å²) in [6, 6.07) is 18.6. The second kappa shape index (κ2) is 8.73. The highest BCUT2D eigenvalue weighted by Crippen LogP contribution is 2.35. The van der Waals surface area contributed by atoms with Crippen LogP contribution in [0.15, 0.2) is 80.4 Å². The standard InChI is InChI=1S/C24H17BrFNO4/c1-14-9-20(30-13-22(28)27-19-8-7-16(25)11-18(19)26)24-17(15-5-3-2-4-6-15)12-23(29)31-21(24)10-14/h2-12H,13H2,1H3,(H,27,28). The van der Waals surface area contributed by atoms with E-state index in [0.29, 0.717) is 26.8 Å². The third-order valence-corrected chi connectivity index (χ3v) is 5.09. The van der Waals surface area contributed by atoms with Gasteiger partial charge in [-0.1, -0.05) is 46.3 Å². The van der Waals surface area contributed by atoms with E-state index in [-0.39, 0.29) is 12.3 Å². The van der Waals surface area contributed by atoms with Crippen molar-refractivity contribution in [2.45, 2.75) is 6.92 Å². The smallest absolute Gasteiger partial charge is 0.336 e. The van der Waals surface area contributed by atoms with Crippen molar-refractivity contribution in [2.24, 2.45) is 0 Å². The molecule has 0 saturated heterocycles. The Morgan fingerprint density at radius 3 is 2.61 bits per heavy atom. The number of carbonyl (C=O) groups is 1. The molecule has 0 saturated carbocycles. The lowest BCUT2D eigenvalue weighted by atomic mass is 10.0. The number of amides is 1. The van der Waals surface area contributed by atoms with Crippen molar-refractivity contribution < 1.29 is 18.3 Å². The van der Waals surface area contributed by atoms with Crippen LogP contribution in [0, 0.1) is 12.7 Å². The Labute approximate surface area is 185 Å². The van der Waals surface area contributed by atoms with E-state index in [4.69, 9.17) is 9.15 Å². The summed E-state index contributed by atoms with van der Waals surface area (Å²) in [5.74, 6) is -0.685. The average Bonchev–Trinajstić information content (AvgIpc) is 2.73. The quantitative estimate of drug-likeness (QED) is 0.372. The molecule has 4 aromatic rings. The molecule has 0 atom stereocenters. The van der Waals surface area contributed by atoms with Gasteiger partial charge in [0.2, 0.25) is 0 Å². The lowest BCUT2D eigenvalue weighted by Gasteiger charge is -2.13. The van der Waals surface area contributed by atoms with Gasteiger partial charge in [-0.15, -0.1) is 0 Å². The molecule has 1 aromatic heterocycles. The molecule has 7 heteroatoms. The predicted octanol–water partition coefficient (Wildman–Crippen LogP) is 5.69. The Kier molecular flexibility index (Phi) is 5.86. The Morgan fingerprint density at radius 1 is 1.10 bits per heavy atom. The average molecular weight is 482 g/mol. The van der Waals surface area contributed by atoms with Crippen molar-refractivity contribution in [3.63, 3.8) is 0 Å². The molecular weight excluding hydrogens is 465 g/mol. The first-order chi connectivity index (χ1) is 14.9. The van der Waals surface area contributed by atoms with Crippen molar-refractivity contribution in [1.29, 1.82) is 0 Å². The number of nitrogens with one attached hydrogen (secondary N) is 1. The van der Waals surface area contributed by atoms with E-state index < -0.39 is 17.3 Å². The van der Waals surface area contributed by atoms with Crippen molar-refractivity contribution in [1.82, 2.24) is 0 Å². The number of hydrogen-bond acceptors (Lipinski definition) is 4. The van der Waals surface area contributed by atoms with Gasteiger partial charge >= 0.3 is 5.63 Å². The second-order valence-electron chi connectivity index (χ2n) is 6.94. The van der Waals surface area contributed by atoms with Gasteiger partial charge in [-0.2, -0.15) is 0 Å². The van der Waals surface area contributed by atoms with Crippen molar-refractivity contribution in [2.75, 3.05) is 11.9 Å². The maximum atomic E-state index is 14.0. The molecule has 4 rings (SSSR count). The molecule has 1 N–H and O–H groups in total. The summed E-state index contributed by atoms with van der Waals surface area (Å²) < 4.78 is 25.7. The summed E-state index contributed by atoms with van der Waals surface area (Å²) in [5.41, 5.74) is 2.20. The highest BCUT2D eigenvalue weighted by Gasteiger charge is 2.16. The summed E-state index contributed by atoms with van der Waals surface area (Å²) in [5, 5.41) is 3.07. The number of anilines is 1. The van der Waals surface area contributed by atoms with E-state index in [0.717, 1.165) is 11.1 Å². The molecule has 3 aromatic carbocycles. The minimum atomic E-state index is -0.558. The maximum absolute atomic E-state index is 14.0. The van der Waals surface area contributed by atoms with E-state index in [1.54, 1.807) is 18.2 Å². The van der Waals surface area contributed by atoms with Crippen molar-refractivity contribution >= 4 is 38.5 Å². The summed E-state index contributed by atoms with van der Waals surface area (Å²) in [6.07, 6.45) is 0. The first kappa shape index (κ1) is 20.8. The molecule has 156 valence electrons. The third-order valence-electron chi connectivity index (χ3n) is 4.60. The molecule has 0 spiro atoms. The zero-order chi connectivity index (χ0) is 22.0. The summed E-state index contributed by atoms with van der Waals surface area (Å²) in [4.78, 5) is 24.5. The Morgan fingerprint density at radius 2 is 1.87 bits per heavy atom. The van der Waals surface area contributed by atoms with Gasteiger partial charge in [-0.25, -0.2) is 9.18 Å². The van der Waals surface area contributed by atoms with Crippen LogP contribution in [-0.4, -0.2) is 12.5 Å². The maximum Gasteiger partial charge on any atom is 0.336 e. The van der Waals surface area contributed by atoms with E-state index in [1.165, 1.54) is 18.2 Å². The van der Waals surface area contributed by atoms with Crippen LogP contribution < -0.4 is 15.7 Å². The molecule has 0 bridgehead atoms. The number of carbonyl (C=O) groups excluding carboxylic acids is 1. The van der Waals surface area contributed by atoms with Crippen LogP contribution in [0.2, 0.25) is 0 Å². The lowest BCUT2D eigenvalue weighted by Crippen LogP contribution is -2.21. The molecule has 5 nitrogen and oxygen atoms in total. The first-order valence-electron chi connectivity index (χ1n) is 9.42. The first-order valence-corrected chi connectivity index (χ1v) is 10.2. The molecule has 0 radical (unpaired) electrons. The van der Waals surface area contributed by atoms with Gasteiger partial charge in [0.25, 0.3) is 5.91 Å². The summed E-state index contributed by atoms with van der Waals surface area (Å²) in [7, 11) is 0. The number of ether oxygens (including phenoxy) is 1. The molecule has 0 unspecified atom stereocenters. The SMILES string of the molecule is Cc1cc(OCC(=O)Nc2ccc(Br)cc2F)c2c(-c3ccccc3)cc(=O)oc2c1. The van der Waals surface area contributed by atoms with Gasteiger partial charge in [0, 0.05) is 16.1 Å². The normalized spacial score (nSPS) is 10.8. The van der Waals surface area contributed by atoms with Crippen molar-refractivity contribution in [3.8, 4) is 16.9 Å². The van der Waals surface area contributed by atoms with Gasteiger partial charge in [0.1, 0.15) is 17.1 Å². The molecule has 0 aliphatic rings. The van der Waals surface area contributed by atoms with Crippen LogP contribution in [0.1, 0.15) is 5.56 Å². The topological polar surface area (TPSA) is 68.5 Å². The van der Waals surface area contributed by atoms with Gasteiger partial charge < -0.3 is 14.5 Å². The van der Waals surface area contributed by atoms with Crippen LogP contribution in [0.5, 0.6) is 5.75 Å². The van der Waals surface area contributed by atoms with Crippen molar-refractivity contribution in [3.05, 3.63) is 93.0 Å². The second-order valence-corrected chi connectivity index (χ2v) is 7.86. The largest absolute Gasteiger partial charge is 0.483 e. The molecular formula is C24H17BrFNO4. The minimum Gasteiger partial charge on any atom is -0.483 e. The van der Waals surface area contributed by atoms with E-state index in [2.05, 4.69) is 21.2 Å². The minimum absolute atomic E-state index is 0.0573. The monoisotopic (exact) mass is 481 g/mol. The molecule has 0 aliphatic heterocycles. The van der Waals surface area contributed by atoms with Gasteiger partial charge in [0.15, 0.2) is 6.61 Å². The molecule has 31 heavy (non-hydrogen) atoms. The Hall–Kier alpha value is -3.45. The fourth-order valence-corrected chi connectivity index (χ4v) is 3.61. The third kappa shape index (κ3) is 4.67. The number of aryl methyl sites for hydroxylation is 1. The van der Waals surface area contributed by atoms with Crippen LogP contribution in [0.4, 0.5) is 10.1 Å². The van der Waals surface area contributed by atoms with Crippen LogP contribution in [0.3, 0.4) is 0 Å². The van der Waals surface area contributed by atoms with E-state index >= 15 is 0 Å². The summed E-state index contributed by atoms with van der Waals surface area (Å²) >= 11 is 3.18. The molecule has 0 aliphatic carbocycles. The Bertz CT molecular complexity index is 1330. The van der Waals surface area contributed by atoms with Crippen LogP contribution >= 0.6 is 15.9 Å². The van der Waals surface area contributed by atoms with E-state index in [1.807, 2.05) is 37.3 Å². The van der Waals surface area contributed by atoms with E-state index in [9.17, 15) is 14.0 Å². The molecule has 1 amide bonds. The summed E-state index contributed by atoms with van der Waals surface area (Å²) in [6.45, 7) is 1.49. The predicted molar refractivity (Wildman–Crippen MR) is 121 cm³/mol. The van der Waals surface area contributed by atoms with Gasteiger partial charge in [-0.05, 0) is 48.4 Å². The fourth-order valence-electron chi connectivity index (χ4n) is 3.27. The number of halogens is 2. The number of hydrogen-bond donors (Lipinski definition) is 1. The zero-order valence-electron chi connectivity index (χ0n) is 16.4. The van der Waals surface area contributed by atoms with Crippen LogP contribution in [0.25, 0.3) is 22.1 Å². The van der Waals surface area contributed by atoms with Gasteiger partial charge in [0.05, 0.1) is 11.1 Å². The molecule has 0 fully saturated rings.